The molecule has 1 saturated heterocycles. The Balaban J connectivity index is 1.83. The third-order valence-corrected chi connectivity index (χ3v) is 3.88. The molecule has 7 nitrogen and oxygen atoms in total. The van der Waals surface area contributed by atoms with Crippen molar-refractivity contribution in [3.8, 4) is 5.75 Å². The normalized spacial score (nSPS) is 20.8. The lowest BCUT2D eigenvalue weighted by molar-refractivity contribution is -0.385. The Labute approximate surface area is 121 Å². The molecule has 0 aromatic heterocycles. The van der Waals surface area contributed by atoms with Crippen LogP contribution in [-0.4, -0.2) is 30.0 Å². The summed E-state index contributed by atoms with van der Waals surface area (Å²) >= 11 is 0. The molecule has 0 spiro atoms. The van der Waals surface area contributed by atoms with Crippen molar-refractivity contribution < 1.29 is 14.5 Å². The van der Waals surface area contributed by atoms with Crippen molar-refractivity contribution in [1.29, 1.82) is 0 Å². The van der Waals surface area contributed by atoms with Gasteiger partial charge in [0, 0.05) is 18.5 Å². The van der Waals surface area contributed by atoms with Crippen molar-refractivity contribution in [1.82, 2.24) is 5.32 Å². The monoisotopic (exact) mass is 291 g/mol. The highest BCUT2D eigenvalue weighted by Gasteiger charge is 2.24. The Morgan fingerprint density at radius 1 is 1.38 bits per heavy atom. The second kappa shape index (κ2) is 5.69. The number of nitrogens with zero attached hydrogens (tertiary/aromatic N) is 1. The largest absolute Gasteiger partial charge is 0.485 e. The molecule has 112 valence electrons. The summed E-state index contributed by atoms with van der Waals surface area (Å²) < 4.78 is 5.66. The zero-order chi connectivity index (χ0) is 14.8. The maximum absolute atomic E-state index is 11.4. The zero-order valence-corrected chi connectivity index (χ0v) is 11.6. The summed E-state index contributed by atoms with van der Waals surface area (Å²) in [5.74, 6) is 0.171. The van der Waals surface area contributed by atoms with E-state index in [9.17, 15) is 14.9 Å². The molecule has 0 bridgehead atoms. The van der Waals surface area contributed by atoms with Gasteiger partial charge in [-0.15, -0.1) is 0 Å². The fraction of sp³-hybridized carbons (Fsp3) is 0.500. The second-order valence-corrected chi connectivity index (χ2v) is 5.39. The number of rotatable bonds is 4. The van der Waals surface area contributed by atoms with Gasteiger partial charge in [-0.05, 0) is 37.4 Å². The van der Waals surface area contributed by atoms with E-state index in [2.05, 4.69) is 10.6 Å². The number of nitro benzene ring substituents is 1. The molecule has 1 fully saturated rings. The van der Waals surface area contributed by atoms with Crippen LogP contribution in [0.25, 0.3) is 0 Å². The average Bonchev–Trinajstić information content (AvgIpc) is 2.97. The highest BCUT2D eigenvalue weighted by molar-refractivity contribution is 5.94. The van der Waals surface area contributed by atoms with Crippen molar-refractivity contribution in [2.75, 3.05) is 18.5 Å². The van der Waals surface area contributed by atoms with Crippen LogP contribution < -0.4 is 15.4 Å². The van der Waals surface area contributed by atoms with Crippen molar-refractivity contribution in [3.63, 3.8) is 0 Å². The predicted molar refractivity (Wildman–Crippen MR) is 76.6 cm³/mol. The number of benzene rings is 1. The van der Waals surface area contributed by atoms with E-state index >= 15 is 0 Å². The quantitative estimate of drug-likeness (QED) is 0.649. The standard InChI is InChI=1S/C14H17N3O4/c18-14-4-3-9-6-13(21-8-10-2-1-5-15-10)12(17(19)20)7-11(9)16-14/h6-7,10,15H,1-5,8H2,(H,16,18). The summed E-state index contributed by atoms with van der Waals surface area (Å²) in [6.45, 7) is 1.39. The molecule has 1 amide bonds. The molecule has 2 aliphatic heterocycles. The van der Waals surface area contributed by atoms with Crippen LogP contribution in [0.3, 0.4) is 0 Å². The number of nitrogens with one attached hydrogen (secondary N) is 2. The van der Waals surface area contributed by atoms with E-state index in [0.29, 0.717) is 25.1 Å². The first kappa shape index (κ1) is 13.8. The lowest BCUT2D eigenvalue weighted by Crippen LogP contribution is -2.28. The predicted octanol–water partition coefficient (Wildman–Crippen LogP) is 1.61. The SMILES string of the molecule is O=C1CCc2cc(OCC3CCCN3)c([N+](=O)[O-])cc2N1. The van der Waals surface area contributed by atoms with Gasteiger partial charge in [0.2, 0.25) is 5.91 Å². The molecule has 3 rings (SSSR count). The molecule has 0 saturated carbocycles. The molecule has 7 heteroatoms. The molecular formula is C14H17N3O4. The van der Waals surface area contributed by atoms with Crippen LogP contribution in [0.5, 0.6) is 5.75 Å². The van der Waals surface area contributed by atoms with Crippen molar-refractivity contribution in [3.05, 3.63) is 27.8 Å². The van der Waals surface area contributed by atoms with E-state index < -0.39 is 4.92 Å². The minimum atomic E-state index is -0.474. The van der Waals surface area contributed by atoms with E-state index in [4.69, 9.17) is 4.74 Å². The lowest BCUT2D eigenvalue weighted by Gasteiger charge is -2.18. The van der Waals surface area contributed by atoms with Gasteiger partial charge in [0.15, 0.2) is 5.75 Å². The van der Waals surface area contributed by atoms with E-state index in [-0.39, 0.29) is 23.4 Å². The third-order valence-electron chi connectivity index (χ3n) is 3.88. The van der Waals surface area contributed by atoms with Crippen molar-refractivity contribution >= 4 is 17.3 Å². The van der Waals surface area contributed by atoms with Gasteiger partial charge in [-0.2, -0.15) is 0 Å². The summed E-state index contributed by atoms with van der Waals surface area (Å²) in [6, 6.07) is 3.33. The third kappa shape index (κ3) is 2.97. The maximum atomic E-state index is 11.4. The van der Waals surface area contributed by atoms with Gasteiger partial charge in [-0.1, -0.05) is 0 Å². The number of fused-ring (bicyclic) bond motifs is 1. The Morgan fingerprint density at radius 3 is 2.95 bits per heavy atom. The average molecular weight is 291 g/mol. The summed E-state index contributed by atoms with van der Waals surface area (Å²) in [5.41, 5.74) is 1.30. The summed E-state index contributed by atoms with van der Waals surface area (Å²) in [4.78, 5) is 22.1. The minimum Gasteiger partial charge on any atom is -0.485 e. The molecule has 2 N–H and O–H groups in total. The number of hydrogen-bond donors (Lipinski definition) is 2. The molecule has 1 aromatic rings. The number of ether oxygens (including phenoxy) is 1. The van der Waals surface area contributed by atoms with Crippen LogP contribution in [0.4, 0.5) is 11.4 Å². The molecular weight excluding hydrogens is 274 g/mol. The number of nitro groups is 1. The first-order valence-electron chi connectivity index (χ1n) is 7.11. The van der Waals surface area contributed by atoms with E-state index in [0.717, 1.165) is 24.9 Å². The summed E-state index contributed by atoms with van der Waals surface area (Å²) in [5, 5.41) is 17.1. The maximum Gasteiger partial charge on any atom is 0.313 e. The van der Waals surface area contributed by atoms with Crippen LogP contribution in [0.15, 0.2) is 12.1 Å². The summed E-state index contributed by atoms with van der Waals surface area (Å²) in [6.07, 6.45) is 3.10. The number of carbonyl (C=O) groups is 1. The van der Waals surface area contributed by atoms with Gasteiger partial charge in [0.05, 0.1) is 10.6 Å². The van der Waals surface area contributed by atoms with E-state index in [1.165, 1.54) is 6.07 Å². The van der Waals surface area contributed by atoms with Gasteiger partial charge < -0.3 is 15.4 Å². The summed E-state index contributed by atoms with van der Waals surface area (Å²) in [7, 11) is 0. The molecule has 1 atom stereocenters. The Kier molecular flexibility index (Phi) is 3.74. The Bertz CT molecular complexity index is 582. The Hall–Kier alpha value is -2.15. The molecule has 1 aromatic carbocycles. The topological polar surface area (TPSA) is 93.5 Å². The smallest absolute Gasteiger partial charge is 0.313 e. The number of hydrogen-bond acceptors (Lipinski definition) is 5. The van der Waals surface area contributed by atoms with E-state index in [1.807, 2.05) is 0 Å². The molecule has 2 heterocycles. The van der Waals surface area contributed by atoms with E-state index in [1.54, 1.807) is 6.07 Å². The molecule has 1 unspecified atom stereocenters. The van der Waals surface area contributed by atoms with Crippen LogP contribution in [0, 0.1) is 10.1 Å². The van der Waals surface area contributed by atoms with Gasteiger partial charge in [0.25, 0.3) is 0 Å². The Morgan fingerprint density at radius 2 is 2.24 bits per heavy atom. The molecule has 0 aliphatic carbocycles. The van der Waals surface area contributed by atoms with Crippen molar-refractivity contribution in [2.45, 2.75) is 31.7 Å². The fourth-order valence-electron chi connectivity index (χ4n) is 2.74. The zero-order valence-electron chi connectivity index (χ0n) is 11.6. The first-order chi connectivity index (χ1) is 10.1. The lowest BCUT2D eigenvalue weighted by atomic mass is 10.0. The number of amides is 1. The van der Waals surface area contributed by atoms with Gasteiger partial charge in [0.1, 0.15) is 6.61 Å². The van der Waals surface area contributed by atoms with Crippen LogP contribution in [0.1, 0.15) is 24.8 Å². The molecule has 21 heavy (non-hydrogen) atoms. The van der Waals surface area contributed by atoms with Gasteiger partial charge >= 0.3 is 5.69 Å². The highest BCUT2D eigenvalue weighted by Crippen LogP contribution is 2.35. The molecule has 2 aliphatic rings. The van der Waals surface area contributed by atoms with Crippen LogP contribution >= 0.6 is 0 Å². The highest BCUT2D eigenvalue weighted by atomic mass is 16.6. The fourth-order valence-corrected chi connectivity index (χ4v) is 2.74. The first-order valence-corrected chi connectivity index (χ1v) is 7.11. The number of aryl methyl sites for hydroxylation is 1. The van der Waals surface area contributed by atoms with Crippen LogP contribution in [0.2, 0.25) is 0 Å². The minimum absolute atomic E-state index is 0.103. The second-order valence-electron chi connectivity index (χ2n) is 5.39. The molecule has 0 radical (unpaired) electrons. The van der Waals surface area contributed by atoms with Gasteiger partial charge in [-0.3, -0.25) is 14.9 Å². The number of anilines is 1. The van der Waals surface area contributed by atoms with Crippen molar-refractivity contribution in [2.24, 2.45) is 0 Å². The van der Waals surface area contributed by atoms with Gasteiger partial charge in [-0.25, -0.2) is 0 Å². The van der Waals surface area contributed by atoms with Crippen LogP contribution in [-0.2, 0) is 11.2 Å². The number of carbonyl (C=O) groups excluding carboxylic acids is 1.